The molecule has 0 amide bonds. The minimum Gasteiger partial charge on any atom is -0.465 e. The van der Waals surface area contributed by atoms with Gasteiger partial charge in [-0.15, -0.1) is 0 Å². The molecule has 0 radical (unpaired) electrons. The fraction of sp³-hybridized carbons (Fsp3) is 0.273. The summed E-state index contributed by atoms with van der Waals surface area (Å²) in [5.41, 5.74) is -0.413. The Hall–Kier alpha value is -1.93. The monoisotopic (exact) mass is 288 g/mol. The van der Waals surface area contributed by atoms with E-state index in [0.29, 0.717) is 0 Å². The average molecular weight is 288 g/mol. The Labute approximate surface area is 109 Å². The van der Waals surface area contributed by atoms with Crippen molar-refractivity contribution < 1.29 is 32.0 Å². The molecule has 0 saturated heterocycles. The molecule has 0 bridgehead atoms. The van der Waals surface area contributed by atoms with Crippen LogP contribution >= 0.6 is 0 Å². The van der Waals surface area contributed by atoms with Crippen LogP contribution < -0.4 is 0 Å². The predicted octanol–water partition coefficient (Wildman–Crippen LogP) is 0.815. The molecule has 0 aromatic heterocycles. The molecule has 0 fully saturated rings. The maximum absolute atomic E-state index is 11.5. The smallest absolute Gasteiger partial charge is 0.339 e. The second-order valence-electron chi connectivity index (χ2n) is 3.63. The van der Waals surface area contributed by atoms with Gasteiger partial charge in [-0.25, -0.2) is 9.59 Å². The Morgan fingerprint density at radius 1 is 1.11 bits per heavy atom. The predicted molar refractivity (Wildman–Crippen MR) is 63.7 cm³/mol. The lowest BCUT2D eigenvalue weighted by Gasteiger charge is -2.10. The van der Waals surface area contributed by atoms with Crippen LogP contribution in [0.25, 0.3) is 0 Å². The fourth-order valence-electron chi connectivity index (χ4n) is 1.61. The second kappa shape index (κ2) is 5.37. The van der Waals surface area contributed by atoms with Crippen LogP contribution in [0.3, 0.4) is 0 Å². The molecule has 1 rings (SSSR count). The van der Waals surface area contributed by atoms with Crippen molar-refractivity contribution in [1.82, 2.24) is 0 Å². The SMILES string of the molecule is COC(=O)c1cc(C)c(S(=O)(=O)O)c(C(=O)OC)c1. The molecule has 19 heavy (non-hydrogen) atoms. The van der Waals surface area contributed by atoms with Crippen LogP contribution in [-0.4, -0.2) is 39.1 Å². The van der Waals surface area contributed by atoms with Crippen LogP contribution in [0.1, 0.15) is 26.3 Å². The van der Waals surface area contributed by atoms with Crippen molar-refractivity contribution in [1.29, 1.82) is 0 Å². The van der Waals surface area contributed by atoms with Crippen molar-refractivity contribution >= 4 is 22.1 Å². The first-order chi connectivity index (χ1) is 8.72. The standard InChI is InChI=1S/C11H12O7S/c1-6-4-7(10(12)17-2)5-8(11(13)18-3)9(6)19(14,15)16/h4-5H,1-3H3,(H,14,15,16). The van der Waals surface area contributed by atoms with Gasteiger partial charge in [-0.05, 0) is 24.6 Å². The lowest BCUT2D eigenvalue weighted by molar-refractivity contribution is 0.0594. The molecule has 0 atom stereocenters. The van der Waals surface area contributed by atoms with Crippen molar-refractivity contribution in [3.05, 3.63) is 28.8 Å². The highest BCUT2D eigenvalue weighted by atomic mass is 32.2. The highest BCUT2D eigenvalue weighted by Crippen LogP contribution is 2.23. The Morgan fingerprint density at radius 2 is 1.63 bits per heavy atom. The van der Waals surface area contributed by atoms with E-state index >= 15 is 0 Å². The van der Waals surface area contributed by atoms with Crippen LogP contribution in [0, 0.1) is 6.92 Å². The average Bonchev–Trinajstić information content (AvgIpc) is 2.34. The Balaban J connectivity index is 3.67. The summed E-state index contributed by atoms with van der Waals surface area (Å²) in [6, 6.07) is 2.19. The Morgan fingerprint density at radius 3 is 2.05 bits per heavy atom. The molecule has 0 saturated carbocycles. The number of carbonyl (C=O) groups excluding carboxylic acids is 2. The maximum Gasteiger partial charge on any atom is 0.339 e. The molecule has 1 N–H and O–H groups in total. The number of ether oxygens (including phenoxy) is 2. The number of esters is 2. The van der Waals surface area contributed by atoms with Crippen LogP contribution in [0.5, 0.6) is 0 Å². The fourth-order valence-corrected chi connectivity index (χ4v) is 2.50. The molecule has 8 heteroatoms. The number of hydrogen-bond acceptors (Lipinski definition) is 6. The highest BCUT2D eigenvalue weighted by Gasteiger charge is 2.26. The summed E-state index contributed by atoms with van der Waals surface area (Å²) in [5.74, 6) is -1.73. The van der Waals surface area contributed by atoms with Crippen molar-refractivity contribution in [2.75, 3.05) is 14.2 Å². The molecular weight excluding hydrogens is 276 g/mol. The summed E-state index contributed by atoms with van der Waals surface area (Å²) in [4.78, 5) is 22.4. The van der Waals surface area contributed by atoms with E-state index in [-0.39, 0.29) is 11.1 Å². The van der Waals surface area contributed by atoms with Crippen molar-refractivity contribution in [2.45, 2.75) is 11.8 Å². The maximum atomic E-state index is 11.5. The lowest BCUT2D eigenvalue weighted by Crippen LogP contribution is -2.14. The number of rotatable bonds is 3. The van der Waals surface area contributed by atoms with E-state index in [9.17, 15) is 18.0 Å². The minimum absolute atomic E-state index is 0.0206. The van der Waals surface area contributed by atoms with Crippen LogP contribution in [-0.2, 0) is 19.6 Å². The zero-order chi connectivity index (χ0) is 14.8. The third-order valence-corrected chi connectivity index (χ3v) is 3.42. The first-order valence-corrected chi connectivity index (χ1v) is 6.45. The van der Waals surface area contributed by atoms with Crippen LogP contribution in [0.4, 0.5) is 0 Å². The molecule has 0 aliphatic rings. The molecular formula is C11H12O7S. The van der Waals surface area contributed by atoms with Crippen LogP contribution in [0.2, 0.25) is 0 Å². The van der Waals surface area contributed by atoms with Gasteiger partial charge in [0.05, 0.1) is 25.3 Å². The van der Waals surface area contributed by atoms with Gasteiger partial charge in [-0.1, -0.05) is 0 Å². The zero-order valence-electron chi connectivity index (χ0n) is 10.5. The first kappa shape index (κ1) is 15.1. The van der Waals surface area contributed by atoms with E-state index in [1.54, 1.807) is 0 Å². The molecule has 1 aromatic carbocycles. The molecule has 0 aliphatic heterocycles. The highest BCUT2D eigenvalue weighted by molar-refractivity contribution is 7.86. The number of methoxy groups -OCH3 is 2. The number of benzene rings is 1. The van der Waals surface area contributed by atoms with Gasteiger partial charge in [0.1, 0.15) is 4.90 Å². The van der Waals surface area contributed by atoms with Crippen molar-refractivity contribution in [3.8, 4) is 0 Å². The zero-order valence-corrected chi connectivity index (χ0v) is 11.3. The first-order valence-electron chi connectivity index (χ1n) is 5.01. The third kappa shape index (κ3) is 3.09. The van der Waals surface area contributed by atoms with Gasteiger partial charge in [-0.2, -0.15) is 8.42 Å². The largest absolute Gasteiger partial charge is 0.465 e. The summed E-state index contributed by atoms with van der Waals surface area (Å²) in [5, 5.41) is 0. The summed E-state index contributed by atoms with van der Waals surface area (Å²) >= 11 is 0. The molecule has 0 unspecified atom stereocenters. The molecule has 7 nitrogen and oxygen atoms in total. The number of aryl methyl sites for hydroxylation is 1. The quantitative estimate of drug-likeness (QED) is 0.648. The van der Waals surface area contributed by atoms with E-state index in [1.165, 1.54) is 13.0 Å². The van der Waals surface area contributed by atoms with E-state index in [1.807, 2.05) is 0 Å². The summed E-state index contributed by atoms with van der Waals surface area (Å²) in [7, 11) is -2.42. The van der Waals surface area contributed by atoms with Crippen LogP contribution in [0.15, 0.2) is 17.0 Å². The summed E-state index contributed by atoms with van der Waals surface area (Å²) < 4.78 is 40.6. The molecule has 0 aliphatic carbocycles. The van der Waals surface area contributed by atoms with Gasteiger partial charge in [0.15, 0.2) is 0 Å². The van der Waals surface area contributed by atoms with E-state index < -0.39 is 32.5 Å². The van der Waals surface area contributed by atoms with E-state index in [4.69, 9.17) is 4.55 Å². The van der Waals surface area contributed by atoms with Gasteiger partial charge in [-0.3, -0.25) is 4.55 Å². The summed E-state index contributed by atoms with van der Waals surface area (Å²) in [6.07, 6.45) is 0. The van der Waals surface area contributed by atoms with Crippen molar-refractivity contribution in [3.63, 3.8) is 0 Å². The van der Waals surface area contributed by atoms with Gasteiger partial charge in [0.25, 0.3) is 10.1 Å². The molecule has 0 heterocycles. The third-order valence-electron chi connectivity index (χ3n) is 2.36. The van der Waals surface area contributed by atoms with Gasteiger partial charge in [0, 0.05) is 0 Å². The van der Waals surface area contributed by atoms with Gasteiger partial charge in [0.2, 0.25) is 0 Å². The molecule has 104 valence electrons. The minimum atomic E-state index is -4.62. The van der Waals surface area contributed by atoms with Gasteiger partial charge >= 0.3 is 11.9 Å². The van der Waals surface area contributed by atoms with E-state index in [0.717, 1.165) is 20.3 Å². The summed E-state index contributed by atoms with van der Waals surface area (Å²) in [6.45, 7) is 1.34. The number of carbonyl (C=O) groups is 2. The normalized spacial score (nSPS) is 10.9. The molecule has 0 spiro atoms. The van der Waals surface area contributed by atoms with Gasteiger partial charge < -0.3 is 9.47 Å². The lowest BCUT2D eigenvalue weighted by atomic mass is 10.1. The van der Waals surface area contributed by atoms with E-state index in [2.05, 4.69) is 9.47 Å². The molecule has 1 aromatic rings. The Kier molecular flexibility index (Phi) is 4.28. The second-order valence-corrected chi connectivity index (χ2v) is 4.99. The number of hydrogen-bond donors (Lipinski definition) is 1. The topological polar surface area (TPSA) is 107 Å². The Bertz CT molecular complexity index is 631. The van der Waals surface area contributed by atoms with Crippen molar-refractivity contribution in [2.24, 2.45) is 0 Å².